The van der Waals surface area contributed by atoms with Crippen LogP contribution in [0.4, 0.5) is 4.79 Å². The maximum absolute atomic E-state index is 12.4. The average Bonchev–Trinajstić information content (AvgIpc) is 3.01. The number of carbonyl (C=O) groups excluding carboxylic acids is 4. The van der Waals surface area contributed by atoms with Crippen LogP contribution < -0.4 is 4.74 Å². The number of hydrogen-bond donors (Lipinski definition) is 0. The molecule has 8 heteroatoms. The number of carbonyl (C=O) groups is 4. The van der Waals surface area contributed by atoms with E-state index in [1.165, 1.54) is 24.3 Å². The van der Waals surface area contributed by atoms with Crippen LogP contribution in [0.1, 0.15) is 33.2 Å². The van der Waals surface area contributed by atoms with Crippen molar-refractivity contribution in [2.45, 2.75) is 13.5 Å². The molecule has 0 N–H and O–H groups in total. The summed E-state index contributed by atoms with van der Waals surface area (Å²) < 4.78 is 10.2. The van der Waals surface area contributed by atoms with Crippen molar-refractivity contribution in [3.63, 3.8) is 0 Å². The third kappa shape index (κ3) is 4.58. The highest BCUT2D eigenvalue weighted by Crippen LogP contribution is 2.22. The lowest BCUT2D eigenvalue weighted by atomic mass is 10.1. The first-order valence-corrected chi connectivity index (χ1v) is 9.52. The number of nitrogens with zero attached hydrogens (tertiary/aromatic N) is 1. The third-order valence-electron chi connectivity index (χ3n) is 3.92. The highest BCUT2D eigenvalue weighted by atomic mass is 32.2. The zero-order chi connectivity index (χ0) is 20.1. The second kappa shape index (κ2) is 8.71. The fourth-order valence-electron chi connectivity index (χ4n) is 2.55. The van der Waals surface area contributed by atoms with Gasteiger partial charge in [0.25, 0.3) is 5.24 Å². The van der Waals surface area contributed by atoms with Crippen molar-refractivity contribution < 1.29 is 28.7 Å². The number of esters is 2. The van der Waals surface area contributed by atoms with E-state index in [9.17, 15) is 19.2 Å². The molecule has 1 heterocycles. The molecule has 2 aromatic rings. The SMILES string of the molecule is CCOC(=O)c1ccc(OC(=O)c2cccc(CN3C(=O)CSC3=O)c2)cc1. The molecule has 2 amide bonds. The molecular weight excluding hydrogens is 382 g/mol. The van der Waals surface area contributed by atoms with E-state index in [-0.39, 0.29) is 35.8 Å². The molecule has 7 nitrogen and oxygen atoms in total. The van der Waals surface area contributed by atoms with Gasteiger partial charge in [0.15, 0.2) is 0 Å². The van der Waals surface area contributed by atoms with Gasteiger partial charge in [-0.3, -0.25) is 14.5 Å². The summed E-state index contributed by atoms with van der Waals surface area (Å²) in [5.74, 6) is -0.853. The van der Waals surface area contributed by atoms with Crippen LogP contribution in [0.5, 0.6) is 5.75 Å². The highest BCUT2D eigenvalue weighted by molar-refractivity contribution is 8.14. The van der Waals surface area contributed by atoms with Gasteiger partial charge in [0.1, 0.15) is 5.75 Å². The molecule has 144 valence electrons. The predicted octanol–water partition coefficient (Wildman–Crippen LogP) is 3.28. The Morgan fingerprint density at radius 3 is 2.43 bits per heavy atom. The number of ether oxygens (including phenoxy) is 2. The first kappa shape index (κ1) is 19.6. The van der Waals surface area contributed by atoms with Crippen LogP contribution in [-0.2, 0) is 16.1 Å². The Hall–Kier alpha value is -3.13. The summed E-state index contributed by atoms with van der Waals surface area (Å²) in [4.78, 5) is 48.6. The second-order valence-corrected chi connectivity index (χ2v) is 6.80. The summed E-state index contributed by atoms with van der Waals surface area (Å²) in [6.07, 6.45) is 0. The monoisotopic (exact) mass is 399 g/mol. The Morgan fingerprint density at radius 1 is 1.04 bits per heavy atom. The standard InChI is InChI=1S/C20H17NO6S/c1-2-26-18(23)14-6-8-16(9-7-14)27-19(24)15-5-3-4-13(10-15)11-21-17(22)12-28-20(21)25/h3-10H,2,11-12H2,1H3. The molecule has 0 aliphatic carbocycles. The summed E-state index contributed by atoms with van der Waals surface area (Å²) >= 11 is 0.964. The minimum Gasteiger partial charge on any atom is -0.462 e. The van der Waals surface area contributed by atoms with E-state index in [2.05, 4.69) is 0 Å². The second-order valence-electron chi connectivity index (χ2n) is 5.87. The molecule has 0 unspecified atom stereocenters. The van der Waals surface area contributed by atoms with E-state index in [0.717, 1.165) is 16.7 Å². The van der Waals surface area contributed by atoms with E-state index in [0.29, 0.717) is 16.7 Å². The van der Waals surface area contributed by atoms with Crippen molar-refractivity contribution in [1.29, 1.82) is 0 Å². The van der Waals surface area contributed by atoms with Gasteiger partial charge in [0.05, 0.1) is 30.0 Å². The molecule has 1 aliphatic rings. The molecular formula is C20H17NO6S. The minimum atomic E-state index is -0.584. The molecule has 0 bridgehead atoms. The van der Waals surface area contributed by atoms with Crippen LogP contribution in [0.15, 0.2) is 48.5 Å². The number of rotatable bonds is 6. The zero-order valence-electron chi connectivity index (χ0n) is 15.0. The maximum Gasteiger partial charge on any atom is 0.343 e. The van der Waals surface area contributed by atoms with Gasteiger partial charge < -0.3 is 9.47 Å². The summed E-state index contributed by atoms with van der Waals surface area (Å²) in [6.45, 7) is 2.11. The quantitative estimate of drug-likeness (QED) is 0.544. The molecule has 0 radical (unpaired) electrons. The maximum atomic E-state index is 12.4. The van der Waals surface area contributed by atoms with E-state index in [1.807, 2.05) is 0 Å². The largest absolute Gasteiger partial charge is 0.462 e. The van der Waals surface area contributed by atoms with E-state index < -0.39 is 11.9 Å². The summed E-state index contributed by atoms with van der Waals surface area (Å²) in [5, 5.41) is -0.292. The molecule has 1 saturated heterocycles. The van der Waals surface area contributed by atoms with Crippen molar-refractivity contribution in [1.82, 2.24) is 4.90 Å². The Labute approximate surface area is 165 Å². The first-order chi connectivity index (χ1) is 13.5. The highest BCUT2D eigenvalue weighted by Gasteiger charge is 2.29. The van der Waals surface area contributed by atoms with Crippen LogP contribution in [0.25, 0.3) is 0 Å². The van der Waals surface area contributed by atoms with Crippen molar-refractivity contribution in [3.8, 4) is 5.75 Å². The minimum absolute atomic E-state index is 0.111. The predicted molar refractivity (Wildman–Crippen MR) is 102 cm³/mol. The van der Waals surface area contributed by atoms with Crippen molar-refractivity contribution in [2.75, 3.05) is 12.4 Å². The first-order valence-electron chi connectivity index (χ1n) is 8.53. The topological polar surface area (TPSA) is 90.0 Å². The van der Waals surface area contributed by atoms with Gasteiger partial charge in [-0.1, -0.05) is 23.9 Å². The lowest BCUT2D eigenvalue weighted by Crippen LogP contribution is -2.28. The van der Waals surface area contributed by atoms with E-state index >= 15 is 0 Å². The zero-order valence-corrected chi connectivity index (χ0v) is 15.9. The van der Waals surface area contributed by atoms with Crippen molar-refractivity contribution in [2.24, 2.45) is 0 Å². The number of imide groups is 1. The average molecular weight is 399 g/mol. The molecule has 0 aromatic heterocycles. The van der Waals surface area contributed by atoms with Gasteiger partial charge in [-0.05, 0) is 48.9 Å². The van der Waals surface area contributed by atoms with Gasteiger partial charge in [-0.25, -0.2) is 9.59 Å². The fraction of sp³-hybridized carbons (Fsp3) is 0.200. The van der Waals surface area contributed by atoms with E-state index in [4.69, 9.17) is 9.47 Å². The number of benzene rings is 2. The van der Waals surface area contributed by atoms with Crippen LogP contribution in [-0.4, -0.2) is 40.3 Å². The summed E-state index contributed by atoms with van der Waals surface area (Å²) in [5.41, 5.74) is 1.30. The van der Waals surface area contributed by atoms with Crippen molar-refractivity contribution in [3.05, 3.63) is 65.2 Å². The molecule has 28 heavy (non-hydrogen) atoms. The fourth-order valence-corrected chi connectivity index (χ4v) is 3.28. The smallest absolute Gasteiger partial charge is 0.343 e. The molecule has 1 fully saturated rings. The molecule has 0 atom stereocenters. The molecule has 0 spiro atoms. The molecule has 0 saturated carbocycles. The molecule has 1 aliphatic heterocycles. The van der Waals surface area contributed by atoms with Gasteiger partial charge in [0, 0.05) is 0 Å². The van der Waals surface area contributed by atoms with Crippen LogP contribution in [0, 0.1) is 0 Å². The molecule has 2 aromatic carbocycles. The normalized spacial score (nSPS) is 13.5. The number of thioether (sulfide) groups is 1. The van der Waals surface area contributed by atoms with Crippen LogP contribution in [0.2, 0.25) is 0 Å². The van der Waals surface area contributed by atoms with Crippen molar-refractivity contribution >= 4 is 34.8 Å². The summed E-state index contributed by atoms with van der Waals surface area (Å²) in [6, 6.07) is 12.6. The van der Waals surface area contributed by atoms with Gasteiger partial charge in [-0.15, -0.1) is 0 Å². The van der Waals surface area contributed by atoms with E-state index in [1.54, 1.807) is 31.2 Å². The summed E-state index contributed by atoms with van der Waals surface area (Å²) in [7, 11) is 0. The number of hydrogen-bond acceptors (Lipinski definition) is 7. The van der Waals surface area contributed by atoms with Gasteiger partial charge in [-0.2, -0.15) is 0 Å². The Morgan fingerprint density at radius 2 is 1.79 bits per heavy atom. The Bertz CT molecular complexity index is 909. The van der Waals surface area contributed by atoms with Crippen LogP contribution >= 0.6 is 11.8 Å². The molecule has 3 rings (SSSR count). The Kier molecular flexibility index (Phi) is 6.10. The lowest BCUT2D eigenvalue weighted by molar-refractivity contribution is -0.125. The van der Waals surface area contributed by atoms with Crippen LogP contribution in [0.3, 0.4) is 0 Å². The van der Waals surface area contributed by atoms with Gasteiger partial charge in [0.2, 0.25) is 5.91 Å². The lowest BCUT2D eigenvalue weighted by Gasteiger charge is -2.13. The number of amides is 2. The van der Waals surface area contributed by atoms with Gasteiger partial charge >= 0.3 is 11.9 Å². The Balaban J connectivity index is 1.67. The third-order valence-corrected chi connectivity index (χ3v) is 4.78.